The number of H-pyrrole nitrogens is 1. The van der Waals surface area contributed by atoms with Gasteiger partial charge in [0.2, 0.25) is 5.91 Å². The van der Waals surface area contributed by atoms with E-state index in [1.54, 1.807) is 11.6 Å². The molecule has 0 unspecified atom stereocenters. The first-order valence-corrected chi connectivity index (χ1v) is 10.6. The van der Waals surface area contributed by atoms with Gasteiger partial charge in [-0.2, -0.15) is 0 Å². The Balaban J connectivity index is 1.60. The molecule has 2 aromatic heterocycles. The van der Waals surface area contributed by atoms with E-state index >= 15 is 0 Å². The van der Waals surface area contributed by atoms with Crippen LogP contribution in [-0.2, 0) is 25.3 Å². The standard InChI is InChI=1S/C20H34N6O3/c1-25-15(23-18-17(25)19(28)24-20(29)26(18)2)12-10-8-6-4-3-5-7-9-11-13-22-16(27)14-21/h3-14,21H2,1-2H3,(H,22,27)(H,24,28,29). The Labute approximate surface area is 170 Å². The van der Waals surface area contributed by atoms with E-state index in [1.807, 2.05) is 7.05 Å². The molecule has 0 bridgehead atoms. The zero-order valence-electron chi connectivity index (χ0n) is 17.6. The Bertz CT molecular complexity index is 911. The summed E-state index contributed by atoms with van der Waals surface area (Å²) in [6, 6.07) is 0. The number of imidazole rings is 1. The van der Waals surface area contributed by atoms with Crippen LogP contribution in [0.3, 0.4) is 0 Å². The summed E-state index contributed by atoms with van der Waals surface area (Å²) >= 11 is 0. The summed E-state index contributed by atoms with van der Waals surface area (Å²) in [5.41, 5.74) is 5.31. The molecule has 2 rings (SSSR count). The number of rotatable bonds is 13. The minimum absolute atomic E-state index is 0.0640. The van der Waals surface area contributed by atoms with Gasteiger partial charge in [0, 0.05) is 27.1 Å². The van der Waals surface area contributed by atoms with Gasteiger partial charge >= 0.3 is 5.69 Å². The highest BCUT2D eigenvalue weighted by atomic mass is 16.2. The number of amides is 1. The molecule has 0 aromatic carbocycles. The molecule has 9 heteroatoms. The molecular weight excluding hydrogens is 372 g/mol. The van der Waals surface area contributed by atoms with Gasteiger partial charge in [-0.05, 0) is 12.8 Å². The average molecular weight is 407 g/mol. The Morgan fingerprint density at radius 2 is 1.55 bits per heavy atom. The zero-order valence-corrected chi connectivity index (χ0v) is 17.6. The summed E-state index contributed by atoms with van der Waals surface area (Å²) in [6.45, 7) is 0.785. The highest BCUT2D eigenvalue weighted by Gasteiger charge is 2.14. The van der Waals surface area contributed by atoms with Crippen LogP contribution in [0.25, 0.3) is 11.2 Å². The molecule has 1 amide bonds. The van der Waals surface area contributed by atoms with Crippen LogP contribution in [0.1, 0.15) is 63.6 Å². The average Bonchev–Trinajstić information content (AvgIpc) is 3.03. The van der Waals surface area contributed by atoms with Gasteiger partial charge in [-0.25, -0.2) is 9.78 Å². The Morgan fingerprint density at radius 1 is 0.966 bits per heavy atom. The fourth-order valence-corrected chi connectivity index (χ4v) is 3.52. The molecule has 4 N–H and O–H groups in total. The maximum Gasteiger partial charge on any atom is 0.329 e. The summed E-state index contributed by atoms with van der Waals surface area (Å²) in [7, 11) is 3.44. The fourth-order valence-electron chi connectivity index (χ4n) is 3.52. The summed E-state index contributed by atoms with van der Waals surface area (Å²) in [5.74, 6) is 0.757. The fraction of sp³-hybridized carbons (Fsp3) is 0.700. The van der Waals surface area contributed by atoms with Gasteiger partial charge in [0.05, 0.1) is 6.54 Å². The SMILES string of the molecule is Cn1c(CCCCCCCCCCCNC(=O)CN)nc2c1c(=O)[nH]c(=O)n2C. The molecule has 0 saturated heterocycles. The number of unbranched alkanes of at least 4 members (excludes halogenated alkanes) is 8. The molecule has 9 nitrogen and oxygen atoms in total. The van der Waals surface area contributed by atoms with Gasteiger partial charge in [0.1, 0.15) is 5.82 Å². The number of aryl methyl sites for hydroxylation is 3. The molecule has 0 aliphatic carbocycles. The van der Waals surface area contributed by atoms with Gasteiger partial charge in [0.25, 0.3) is 5.56 Å². The number of nitrogens with two attached hydrogens (primary N) is 1. The second-order valence-electron chi connectivity index (χ2n) is 7.56. The molecule has 2 heterocycles. The molecule has 0 aliphatic heterocycles. The first kappa shape index (κ1) is 22.9. The third-order valence-corrected chi connectivity index (χ3v) is 5.31. The minimum atomic E-state index is -0.438. The first-order valence-electron chi connectivity index (χ1n) is 10.6. The second-order valence-corrected chi connectivity index (χ2v) is 7.56. The molecule has 0 saturated carbocycles. The van der Waals surface area contributed by atoms with Crippen molar-refractivity contribution in [3.8, 4) is 0 Å². The molecule has 29 heavy (non-hydrogen) atoms. The zero-order chi connectivity index (χ0) is 21.2. The topological polar surface area (TPSA) is 128 Å². The van der Waals surface area contributed by atoms with Crippen molar-refractivity contribution in [2.75, 3.05) is 13.1 Å². The van der Waals surface area contributed by atoms with Crippen molar-refractivity contribution in [1.29, 1.82) is 0 Å². The lowest BCUT2D eigenvalue weighted by Gasteiger charge is -2.04. The molecule has 162 valence electrons. The van der Waals surface area contributed by atoms with Crippen LogP contribution in [0.2, 0.25) is 0 Å². The van der Waals surface area contributed by atoms with E-state index in [2.05, 4.69) is 15.3 Å². The number of fused-ring (bicyclic) bond motifs is 1. The maximum absolute atomic E-state index is 12.0. The number of nitrogens with zero attached hydrogens (tertiary/aromatic N) is 3. The van der Waals surface area contributed by atoms with E-state index in [1.165, 1.54) is 36.7 Å². The van der Waals surface area contributed by atoms with Crippen molar-refractivity contribution >= 4 is 17.1 Å². The number of hydrogen-bond donors (Lipinski definition) is 3. The van der Waals surface area contributed by atoms with E-state index in [9.17, 15) is 14.4 Å². The molecule has 0 aliphatic rings. The van der Waals surface area contributed by atoms with Crippen LogP contribution in [0.15, 0.2) is 9.59 Å². The molecule has 0 radical (unpaired) electrons. The van der Waals surface area contributed by atoms with Crippen molar-refractivity contribution < 1.29 is 4.79 Å². The van der Waals surface area contributed by atoms with Crippen molar-refractivity contribution in [2.24, 2.45) is 19.8 Å². The lowest BCUT2D eigenvalue weighted by atomic mass is 10.1. The predicted octanol–water partition coefficient (Wildman–Crippen LogP) is 1.09. The van der Waals surface area contributed by atoms with Crippen LogP contribution in [-0.4, -0.2) is 38.1 Å². The third-order valence-electron chi connectivity index (χ3n) is 5.31. The summed E-state index contributed by atoms with van der Waals surface area (Å²) < 4.78 is 3.18. The first-order chi connectivity index (χ1) is 14.0. The van der Waals surface area contributed by atoms with Gasteiger partial charge in [-0.1, -0.05) is 44.9 Å². The van der Waals surface area contributed by atoms with Crippen LogP contribution < -0.4 is 22.3 Å². The second kappa shape index (κ2) is 11.5. The van der Waals surface area contributed by atoms with Crippen molar-refractivity contribution in [1.82, 2.24) is 24.4 Å². The van der Waals surface area contributed by atoms with Crippen LogP contribution >= 0.6 is 0 Å². The molecule has 0 spiro atoms. The number of nitrogens with one attached hydrogen (secondary N) is 2. The number of carbonyl (C=O) groups excluding carboxylic acids is 1. The van der Waals surface area contributed by atoms with Crippen molar-refractivity contribution in [3.63, 3.8) is 0 Å². The van der Waals surface area contributed by atoms with E-state index in [-0.39, 0.29) is 18.0 Å². The minimum Gasteiger partial charge on any atom is -0.355 e. The highest BCUT2D eigenvalue weighted by molar-refractivity contribution is 5.77. The number of aromatic nitrogens is 4. The van der Waals surface area contributed by atoms with Gasteiger partial charge in [-0.3, -0.25) is 19.1 Å². The van der Waals surface area contributed by atoms with Crippen molar-refractivity contribution in [3.05, 3.63) is 26.7 Å². The van der Waals surface area contributed by atoms with Gasteiger partial charge in [0.15, 0.2) is 11.2 Å². The predicted molar refractivity (Wildman–Crippen MR) is 114 cm³/mol. The van der Waals surface area contributed by atoms with Gasteiger partial charge < -0.3 is 15.6 Å². The largest absolute Gasteiger partial charge is 0.355 e. The number of carbonyl (C=O) groups is 1. The lowest BCUT2D eigenvalue weighted by molar-refractivity contribution is -0.119. The monoisotopic (exact) mass is 406 g/mol. The van der Waals surface area contributed by atoms with E-state index in [0.29, 0.717) is 11.2 Å². The lowest BCUT2D eigenvalue weighted by Crippen LogP contribution is -2.30. The van der Waals surface area contributed by atoms with E-state index in [4.69, 9.17) is 5.73 Å². The number of aromatic amines is 1. The molecule has 0 atom stereocenters. The normalized spacial score (nSPS) is 11.3. The summed E-state index contributed by atoms with van der Waals surface area (Å²) in [5, 5.41) is 2.79. The summed E-state index contributed by atoms with van der Waals surface area (Å²) in [6.07, 6.45) is 11.2. The third kappa shape index (κ3) is 6.56. The molecule has 0 fully saturated rings. The van der Waals surface area contributed by atoms with Crippen LogP contribution in [0.4, 0.5) is 0 Å². The smallest absolute Gasteiger partial charge is 0.329 e. The van der Waals surface area contributed by atoms with E-state index in [0.717, 1.165) is 44.5 Å². The Hall–Kier alpha value is -2.42. The Morgan fingerprint density at radius 3 is 2.17 bits per heavy atom. The molecular formula is C20H34N6O3. The van der Waals surface area contributed by atoms with Crippen LogP contribution in [0, 0.1) is 0 Å². The summed E-state index contributed by atoms with van der Waals surface area (Å²) in [4.78, 5) is 41.6. The quantitative estimate of drug-likeness (QED) is 0.429. The molecule has 2 aromatic rings. The Kier molecular flexibility index (Phi) is 9.11. The maximum atomic E-state index is 12.0. The van der Waals surface area contributed by atoms with Gasteiger partial charge in [-0.15, -0.1) is 0 Å². The number of hydrogen-bond acceptors (Lipinski definition) is 5. The van der Waals surface area contributed by atoms with Crippen molar-refractivity contribution in [2.45, 2.75) is 64.2 Å². The highest BCUT2D eigenvalue weighted by Crippen LogP contribution is 2.14. The van der Waals surface area contributed by atoms with E-state index < -0.39 is 5.69 Å². The van der Waals surface area contributed by atoms with Crippen LogP contribution in [0.5, 0.6) is 0 Å².